The second-order valence-corrected chi connectivity index (χ2v) is 9.84. The summed E-state index contributed by atoms with van der Waals surface area (Å²) < 4.78 is 51.9. The zero-order chi connectivity index (χ0) is 24.7. The Labute approximate surface area is 199 Å². The molecule has 2 aromatic carbocycles. The lowest BCUT2D eigenvalue weighted by molar-refractivity contribution is -0.133. The lowest BCUT2D eigenvalue weighted by Gasteiger charge is -2.27. The molecule has 0 unspecified atom stereocenters. The molecule has 1 aromatic heterocycles. The molecule has 1 heterocycles. The topological polar surface area (TPSA) is 80.1 Å². The molecule has 0 aliphatic heterocycles. The predicted octanol–water partition coefficient (Wildman–Crippen LogP) is 4.37. The monoisotopic (exact) mass is 488 g/mol. The van der Waals surface area contributed by atoms with Crippen LogP contribution in [0, 0.1) is 12.7 Å². The van der Waals surface area contributed by atoms with Crippen molar-refractivity contribution in [2.24, 2.45) is 0 Å². The Balaban J connectivity index is 1.85. The van der Waals surface area contributed by atoms with Crippen molar-refractivity contribution in [2.75, 3.05) is 20.2 Å². The summed E-state index contributed by atoms with van der Waals surface area (Å²) in [4.78, 5) is 15.0. The van der Waals surface area contributed by atoms with Crippen LogP contribution in [0.3, 0.4) is 0 Å². The summed E-state index contributed by atoms with van der Waals surface area (Å²) in [5.74, 6) is 1.06. The van der Waals surface area contributed by atoms with Crippen LogP contribution in [-0.4, -0.2) is 43.7 Å². The van der Waals surface area contributed by atoms with Crippen LogP contribution in [-0.2, 0) is 27.9 Å². The average molecular weight is 489 g/mol. The van der Waals surface area contributed by atoms with Gasteiger partial charge in [0.1, 0.15) is 23.1 Å². The van der Waals surface area contributed by atoms with Crippen LogP contribution in [0.15, 0.2) is 70.0 Å². The fourth-order valence-corrected chi connectivity index (χ4v) is 4.96. The van der Waals surface area contributed by atoms with Crippen molar-refractivity contribution in [3.63, 3.8) is 0 Å². The van der Waals surface area contributed by atoms with E-state index < -0.39 is 10.0 Å². The summed E-state index contributed by atoms with van der Waals surface area (Å²) in [6, 6.07) is 15.5. The van der Waals surface area contributed by atoms with Crippen molar-refractivity contribution in [1.29, 1.82) is 0 Å². The number of benzene rings is 2. The van der Waals surface area contributed by atoms with Gasteiger partial charge in [0.2, 0.25) is 15.9 Å². The number of nitrogens with zero attached hydrogens (tertiary/aromatic N) is 2. The normalized spacial score (nSPS) is 11.6. The van der Waals surface area contributed by atoms with Gasteiger partial charge in [-0.05, 0) is 67.4 Å². The number of rotatable bonds is 11. The first kappa shape index (κ1) is 25.5. The van der Waals surface area contributed by atoms with Crippen LogP contribution in [0.5, 0.6) is 5.75 Å². The highest BCUT2D eigenvalue weighted by Crippen LogP contribution is 2.21. The number of sulfonamides is 1. The summed E-state index contributed by atoms with van der Waals surface area (Å²) in [5.41, 5.74) is 0.720. The third kappa shape index (κ3) is 6.45. The maximum atomic E-state index is 13.4. The Morgan fingerprint density at radius 3 is 2.24 bits per heavy atom. The first-order chi connectivity index (χ1) is 16.2. The Kier molecular flexibility index (Phi) is 8.46. The van der Waals surface area contributed by atoms with Crippen molar-refractivity contribution in [2.45, 2.75) is 38.3 Å². The number of methoxy groups -OCH3 is 1. The number of hydrogen-bond donors (Lipinski definition) is 0. The highest BCUT2D eigenvalue weighted by molar-refractivity contribution is 7.89. The molecule has 182 valence electrons. The van der Waals surface area contributed by atoms with Crippen molar-refractivity contribution < 1.29 is 26.8 Å². The molecular formula is C25H29FN2O5S. The van der Waals surface area contributed by atoms with Gasteiger partial charge in [-0.3, -0.25) is 4.79 Å². The number of furan rings is 1. The largest absolute Gasteiger partial charge is 0.497 e. The molecule has 3 aromatic rings. The van der Waals surface area contributed by atoms with E-state index in [1.807, 2.05) is 6.92 Å². The van der Waals surface area contributed by atoms with E-state index in [1.54, 1.807) is 43.3 Å². The molecule has 0 spiro atoms. The average Bonchev–Trinajstić information content (AvgIpc) is 3.24. The zero-order valence-corrected chi connectivity index (χ0v) is 20.3. The minimum Gasteiger partial charge on any atom is -0.497 e. The standard InChI is InChI=1S/C25H29FN2O5S/c1-4-15-28(34(30,31)24-13-11-22(32-3)12-14-24)18-25(29)27(17-23-10-5-19(2)33-23)16-20-6-8-21(26)9-7-20/h5-14H,4,15-18H2,1-3H3. The molecule has 0 aliphatic carbocycles. The van der Waals surface area contributed by atoms with Gasteiger partial charge in [-0.15, -0.1) is 0 Å². The van der Waals surface area contributed by atoms with Gasteiger partial charge in [0.05, 0.1) is 25.1 Å². The van der Waals surface area contributed by atoms with E-state index in [0.29, 0.717) is 23.7 Å². The Morgan fingerprint density at radius 2 is 1.68 bits per heavy atom. The van der Waals surface area contributed by atoms with Crippen molar-refractivity contribution in [3.8, 4) is 5.75 Å². The molecule has 9 heteroatoms. The number of ether oxygens (including phenoxy) is 1. The molecule has 7 nitrogen and oxygen atoms in total. The predicted molar refractivity (Wildman–Crippen MR) is 126 cm³/mol. The molecule has 3 rings (SSSR count). The summed E-state index contributed by atoms with van der Waals surface area (Å²) in [7, 11) is -2.40. The quantitative estimate of drug-likeness (QED) is 0.401. The number of carbonyl (C=O) groups excluding carboxylic acids is 1. The van der Waals surface area contributed by atoms with E-state index in [9.17, 15) is 17.6 Å². The minimum absolute atomic E-state index is 0.0845. The molecule has 0 aliphatic rings. The number of amides is 1. The Hall–Kier alpha value is -3.17. The van der Waals surface area contributed by atoms with Crippen LogP contribution in [0.25, 0.3) is 0 Å². The van der Waals surface area contributed by atoms with E-state index >= 15 is 0 Å². The van der Waals surface area contributed by atoms with Crippen LogP contribution >= 0.6 is 0 Å². The fraction of sp³-hybridized carbons (Fsp3) is 0.320. The van der Waals surface area contributed by atoms with Crippen molar-refractivity contribution in [1.82, 2.24) is 9.21 Å². The van der Waals surface area contributed by atoms with Gasteiger partial charge in [-0.2, -0.15) is 4.31 Å². The molecule has 0 fully saturated rings. The van der Waals surface area contributed by atoms with Crippen LogP contribution in [0.2, 0.25) is 0 Å². The van der Waals surface area contributed by atoms with Gasteiger partial charge in [-0.1, -0.05) is 19.1 Å². The molecule has 0 atom stereocenters. The van der Waals surface area contributed by atoms with Crippen molar-refractivity contribution in [3.05, 3.63) is 83.6 Å². The Bertz CT molecular complexity index is 1190. The van der Waals surface area contributed by atoms with Gasteiger partial charge in [0.15, 0.2) is 0 Å². The van der Waals surface area contributed by atoms with Crippen LogP contribution in [0.1, 0.15) is 30.4 Å². The second-order valence-electron chi connectivity index (χ2n) is 7.90. The minimum atomic E-state index is -3.91. The van der Waals surface area contributed by atoms with Gasteiger partial charge in [0, 0.05) is 13.1 Å². The van der Waals surface area contributed by atoms with Crippen LogP contribution < -0.4 is 4.74 Å². The zero-order valence-electron chi connectivity index (χ0n) is 19.5. The summed E-state index contributed by atoms with van der Waals surface area (Å²) >= 11 is 0. The smallest absolute Gasteiger partial charge is 0.243 e. The van der Waals surface area contributed by atoms with E-state index in [-0.39, 0.29) is 42.8 Å². The summed E-state index contributed by atoms with van der Waals surface area (Å²) in [6.07, 6.45) is 0.540. The van der Waals surface area contributed by atoms with Gasteiger partial charge in [0.25, 0.3) is 0 Å². The van der Waals surface area contributed by atoms with Crippen LogP contribution in [0.4, 0.5) is 4.39 Å². The SMILES string of the molecule is CCCN(CC(=O)N(Cc1ccc(F)cc1)Cc1ccc(C)o1)S(=O)(=O)c1ccc(OC)cc1. The van der Waals surface area contributed by atoms with Gasteiger partial charge >= 0.3 is 0 Å². The third-order valence-electron chi connectivity index (χ3n) is 5.26. The summed E-state index contributed by atoms with van der Waals surface area (Å²) in [6.45, 7) is 3.85. The molecule has 34 heavy (non-hydrogen) atoms. The lowest BCUT2D eigenvalue weighted by Crippen LogP contribution is -2.42. The van der Waals surface area contributed by atoms with Crippen molar-refractivity contribution >= 4 is 15.9 Å². The number of hydrogen-bond acceptors (Lipinski definition) is 5. The second kappa shape index (κ2) is 11.3. The molecule has 0 radical (unpaired) electrons. The Morgan fingerprint density at radius 1 is 1.00 bits per heavy atom. The third-order valence-corrected chi connectivity index (χ3v) is 7.12. The molecular weight excluding hydrogens is 459 g/mol. The molecule has 0 saturated carbocycles. The van der Waals surface area contributed by atoms with E-state index in [1.165, 1.54) is 40.6 Å². The number of carbonyl (C=O) groups is 1. The fourth-order valence-electron chi connectivity index (χ4n) is 3.48. The number of aryl methyl sites for hydroxylation is 1. The number of halogens is 1. The van der Waals surface area contributed by atoms with E-state index in [2.05, 4.69) is 0 Å². The van der Waals surface area contributed by atoms with Gasteiger partial charge < -0.3 is 14.1 Å². The molecule has 0 bridgehead atoms. The lowest BCUT2D eigenvalue weighted by atomic mass is 10.2. The maximum absolute atomic E-state index is 13.4. The highest BCUT2D eigenvalue weighted by Gasteiger charge is 2.28. The highest BCUT2D eigenvalue weighted by atomic mass is 32.2. The first-order valence-corrected chi connectivity index (χ1v) is 12.4. The summed E-state index contributed by atoms with van der Waals surface area (Å²) in [5, 5.41) is 0. The molecule has 1 amide bonds. The van der Waals surface area contributed by atoms with E-state index in [0.717, 1.165) is 5.56 Å². The first-order valence-electron chi connectivity index (χ1n) is 10.9. The maximum Gasteiger partial charge on any atom is 0.243 e. The van der Waals surface area contributed by atoms with E-state index in [4.69, 9.17) is 9.15 Å². The molecule has 0 saturated heterocycles. The molecule has 0 N–H and O–H groups in total. The van der Waals surface area contributed by atoms with Gasteiger partial charge in [-0.25, -0.2) is 12.8 Å².